The van der Waals surface area contributed by atoms with Gasteiger partial charge in [0.05, 0.1) is 30.0 Å². The fourth-order valence-corrected chi connectivity index (χ4v) is 5.04. The molecule has 6 heteroatoms. The Morgan fingerprint density at radius 2 is 1.97 bits per heavy atom. The molecule has 0 unspecified atom stereocenters. The molecule has 6 rings (SSSR count). The van der Waals surface area contributed by atoms with Gasteiger partial charge in [-0.25, -0.2) is 0 Å². The van der Waals surface area contributed by atoms with Crippen LogP contribution in [0.25, 0.3) is 33.8 Å². The third-order valence-electron chi connectivity index (χ3n) is 6.79. The van der Waals surface area contributed by atoms with Gasteiger partial charge in [-0.3, -0.25) is 14.7 Å². The number of morpholine rings is 1. The van der Waals surface area contributed by atoms with Gasteiger partial charge in [0.25, 0.3) is 5.91 Å². The van der Waals surface area contributed by atoms with E-state index in [4.69, 9.17) is 4.74 Å². The number of H-pyrrole nitrogens is 1. The van der Waals surface area contributed by atoms with Gasteiger partial charge in [-0.15, -0.1) is 0 Å². The van der Waals surface area contributed by atoms with Crippen LogP contribution in [0.2, 0.25) is 0 Å². The van der Waals surface area contributed by atoms with E-state index in [1.807, 2.05) is 12.3 Å². The van der Waals surface area contributed by atoms with E-state index in [1.165, 1.54) is 5.56 Å². The number of ether oxygens (including phenoxy) is 1. The highest BCUT2D eigenvalue weighted by Gasteiger charge is 2.21. The minimum atomic E-state index is 0.0178. The van der Waals surface area contributed by atoms with Crippen LogP contribution in [0, 0.1) is 0 Å². The first-order chi connectivity index (χ1) is 16.7. The lowest BCUT2D eigenvalue weighted by atomic mass is 10.0. The molecule has 2 aromatic heterocycles. The summed E-state index contributed by atoms with van der Waals surface area (Å²) in [5, 5.41) is 6.16. The number of pyridine rings is 1. The van der Waals surface area contributed by atoms with E-state index in [2.05, 4.69) is 68.7 Å². The van der Waals surface area contributed by atoms with Gasteiger partial charge >= 0.3 is 0 Å². The number of rotatable bonds is 4. The van der Waals surface area contributed by atoms with Crippen LogP contribution in [-0.4, -0.2) is 53.6 Å². The molecule has 1 fully saturated rings. The van der Waals surface area contributed by atoms with Crippen LogP contribution in [0.5, 0.6) is 0 Å². The van der Waals surface area contributed by atoms with Gasteiger partial charge in [-0.2, -0.15) is 0 Å². The van der Waals surface area contributed by atoms with E-state index in [1.54, 1.807) is 0 Å². The molecule has 0 radical (unpaired) electrons. The maximum atomic E-state index is 12.6. The van der Waals surface area contributed by atoms with Crippen LogP contribution in [-0.2, 0) is 17.7 Å². The number of hydrogen-bond acceptors (Lipinski definition) is 4. The average molecular weight is 453 g/mol. The number of carbonyl (C=O) groups is 1. The molecule has 0 saturated carbocycles. The number of carbonyl (C=O) groups excluding carboxylic acids is 1. The molecule has 1 saturated heterocycles. The summed E-state index contributed by atoms with van der Waals surface area (Å²) in [7, 11) is 0. The molecule has 0 atom stereocenters. The van der Waals surface area contributed by atoms with Crippen molar-refractivity contribution in [2.45, 2.75) is 19.4 Å². The van der Waals surface area contributed by atoms with Crippen molar-refractivity contribution < 1.29 is 9.53 Å². The van der Waals surface area contributed by atoms with Gasteiger partial charge in [0.15, 0.2) is 0 Å². The number of fused-ring (bicyclic) bond motifs is 5. The largest absolute Gasteiger partial charge is 0.379 e. The zero-order valence-corrected chi connectivity index (χ0v) is 19.1. The number of nitrogens with one attached hydrogen (secondary N) is 2. The third-order valence-corrected chi connectivity index (χ3v) is 6.79. The van der Waals surface area contributed by atoms with Crippen LogP contribution in [0.3, 0.4) is 0 Å². The maximum absolute atomic E-state index is 12.6. The van der Waals surface area contributed by atoms with E-state index in [0.29, 0.717) is 0 Å². The summed E-state index contributed by atoms with van der Waals surface area (Å²) >= 11 is 0. The molecule has 0 aliphatic carbocycles. The predicted molar refractivity (Wildman–Crippen MR) is 136 cm³/mol. The Hall–Kier alpha value is -3.48. The van der Waals surface area contributed by atoms with Crippen LogP contribution < -0.4 is 5.32 Å². The second-order valence-corrected chi connectivity index (χ2v) is 9.12. The van der Waals surface area contributed by atoms with Gasteiger partial charge < -0.3 is 15.0 Å². The lowest BCUT2D eigenvalue weighted by Crippen LogP contribution is -2.35. The van der Waals surface area contributed by atoms with E-state index < -0.39 is 0 Å². The number of benzene rings is 2. The SMILES string of the molecule is O=C1NCCCc2[nH]c3c(ccc4cnc(C=Cc5cccc(CN6CCOCC6)c5)cc43)c21. The highest BCUT2D eigenvalue weighted by Crippen LogP contribution is 2.31. The minimum absolute atomic E-state index is 0.0178. The van der Waals surface area contributed by atoms with E-state index in [0.717, 1.165) is 96.4 Å². The Morgan fingerprint density at radius 1 is 1.06 bits per heavy atom. The molecule has 2 aromatic carbocycles. The van der Waals surface area contributed by atoms with Crippen molar-refractivity contribution in [3.05, 3.63) is 76.7 Å². The molecular weight excluding hydrogens is 424 g/mol. The maximum Gasteiger partial charge on any atom is 0.253 e. The lowest BCUT2D eigenvalue weighted by molar-refractivity contribution is 0.0342. The van der Waals surface area contributed by atoms with Crippen LogP contribution >= 0.6 is 0 Å². The second kappa shape index (κ2) is 9.05. The summed E-state index contributed by atoms with van der Waals surface area (Å²) in [6.07, 6.45) is 7.92. The number of hydrogen-bond donors (Lipinski definition) is 2. The number of aryl methyl sites for hydroxylation is 1. The third kappa shape index (κ3) is 4.11. The van der Waals surface area contributed by atoms with Crippen LogP contribution in [0.1, 0.15) is 39.3 Å². The number of aromatic nitrogens is 2. The Bertz CT molecular complexity index is 1400. The molecule has 2 N–H and O–H groups in total. The van der Waals surface area contributed by atoms with Crippen molar-refractivity contribution >= 4 is 39.7 Å². The van der Waals surface area contributed by atoms with E-state index in [9.17, 15) is 4.79 Å². The molecule has 6 nitrogen and oxygen atoms in total. The van der Waals surface area contributed by atoms with Crippen molar-refractivity contribution in [2.75, 3.05) is 32.8 Å². The fraction of sp³-hybridized carbons (Fsp3) is 0.286. The Balaban J connectivity index is 1.30. The van der Waals surface area contributed by atoms with Gasteiger partial charge in [-0.1, -0.05) is 42.5 Å². The van der Waals surface area contributed by atoms with Gasteiger partial charge in [0, 0.05) is 54.2 Å². The molecule has 1 amide bonds. The molecule has 0 bridgehead atoms. The Labute approximate surface area is 198 Å². The molecular formula is C28H28N4O2. The van der Waals surface area contributed by atoms with Gasteiger partial charge in [0.1, 0.15) is 0 Å². The first-order valence-corrected chi connectivity index (χ1v) is 12.0. The molecule has 4 heterocycles. The Kier molecular flexibility index (Phi) is 5.61. The van der Waals surface area contributed by atoms with Crippen LogP contribution in [0.15, 0.2) is 48.7 Å². The summed E-state index contributed by atoms with van der Waals surface area (Å²) < 4.78 is 5.46. The van der Waals surface area contributed by atoms with Crippen molar-refractivity contribution in [3.8, 4) is 0 Å². The summed E-state index contributed by atoms with van der Waals surface area (Å²) in [6, 6.07) is 14.9. The quantitative estimate of drug-likeness (QED) is 0.482. The molecule has 34 heavy (non-hydrogen) atoms. The zero-order chi connectivity index (χ0) is 22.9. The summed E-state index contributed by atoms with van der Waals surface area (Å²) in [6.45, 7) is 5.27. The van der Waals surface area contributed by atoms with E-state index >= 15 is 0 Å². The highest BCUT2D eigenvalue weighted by atomic mass is 16.5. The summed E-state index contributed by atoms with van der Waals surface area (Å²) in [5.74, 6) is 0.0178. The number of nitrogens with zero attached hydrogens (tertiary/aromatic N) is 2. The van der Waals surface area contributed by atoms with Crippen molar-refractivity contribution in [1.29, 1.82) is 0 Å². The number of aromatic amines is 1. The summed E-state index contributed by atoms with van der Waals surface area (Å²) in [5.41, 5.74) is 6.21. The molecule has 0 spiro atoms. The van der Waals surface area contributed by atoms with E-state index in [-0.39, 0.29) is 5.91 Å². The fourth-order valence-electron chi connectivity index (χ4n) is 5.04. The van der Waals surface area contributed by atoms with Crippen LogP contribution in [0.4, 0.5) is 0 Å². The molecule has 4 aromatic rings. The monoisotopic (exact) mass is 452 g/mol. The average Bonchev–Trinajstić information content (AvgIpc) is 3.15. The topological polar surface area (TPSA) is 70.2 Å². The summed E-state index contributed by atoms with van der Waals surface area (Å²) in [4.78, 5) is 23.3. The van der Waals surface area contributed by atoms with Gasteiger partial charge in [-0.05, 0) is 36.1 Å². The standard InChI is InChI=1S/C28H28N4O2/c33-28-26-23-9-7-21-17-30-22(16-24(21)27(23)31-25(26)5-2-10-29-28)8-6-19-3-1-4-20(15-19)18-32-11-13-34-14-12-32/h1,3-4,6-9,15-17,31H,2,5,10-14,18H2,(H,29,33). The lowest BCUT2D eigenvalue weighted by Gasteiger charge is -2.26. The second-order valence-electron chi connectivity index (χ2n) is 9.12. The normalized spacial score (nSPS) is 17.2. The smallest absolute Gasteiger partial charge is 0.253 e. The Morgan fingerprint density at radius 3 is 2.88 bits per heavy atom. The van der Waals surface area contributed by atoms with Crippen molar-refractivity contribution in [3.63, 3.8) is 0 Å². The molecule has 2 aliphatic heterocycles. The molecule has 172 valence electrons. The molecule has 2 aliphatic rings. The van der Waals surface area contributed by atoms with Gasteiger partial charge in [0.2, 0.25) is 0 Å². The van der Waals surface area contributed by atoms with Crippen molar-refractivity contribution in [1.82, 2.24) is 20.2 Å². The zero-order valence-electron chi connectivity index (χ0n) is 19.1. The predicted octanol–water partition coefficient (Wildman–Crippen LogP) is 4.39. The first-order valence-electron chi connectivity index (χ1n) is 12.0. The highest BCUT2D eigenvalue weighted by molar-refractivity contribution is 6.15. The minimum Gasteiger partial charge on any atom is -0.379 e. The first kappa shape index (κ1) is 21.1. The van der Waals surface area contributed by atoms with Crippen molar-refractivity contribution in [2.24, 2.45) is 0 Å². The number of amides is 1.